The van der Waals surface area contributed by atoms with Crippen LogP contribution in [0.25, 0.3) is 10.9 Å². The third kappa shape index (κ3) is 5.53. The van der Waals surface area contributed by atoms with Crippen LogP contribution in [0.4, 0.5) is 17.6 Å². The quantitative estimate of drug-likeness (QED) is 0.636. The lowest BCUT2D eigenvalue weighted by molar-refractivity contribution is -0.274. The van der Waals surface area contributed by atoms with E-state index < -0.39 is 23.6 Å². The van der Waals surface area contributed by atoms with Gasteiger partial charge in [-0.15, -0.1) is 13.2 Å². The SMILES string of the molecule is O=C(Cn1cnc2ccc(F)cc2c1=O)NCCc1ccc(OC(F)(F)F)cc1. The Morgan fingerprint density at radius 1 is 1.14 bits per heavy atom. The van der Waals surface area contributed by atoms with Crippen molar-refractivity contribution in [2.75, 3.05) is 6.54 Å². The van der Waals surface area contributed by atoms with Gasteiger partial charge < -0.3 is 10.1 Å². The predicted molar refractivity (Wildman–Crippen MR) is 95.8 cm³/mol. The molecule has 1 N–H and O–H groups in total. The minimum atomic E-state index is -4.75. The molecule has 2 aromatic carbocycles. The van der Waals surface area contributed by atoms with Crippen LogP contribution in [0.15, 0.2) is 53.6 Å². The maximum Gasteiger partial charge on any atom is 0.573 e. The number of hydrogen-bond acceptors (Lipinski definition) is 4. The largest absolute Gasteiger partial charge is 0.573 e. The zero-order valence-corrected chi connectivity index (χ0v) is 14.9. The monoisotopic (exact) mass is 409 g/mol. The topological polar surface area (TPSA) is 73.2 Å². The highest BCUT2D eigenvalue weighted by molar-refractivity contribution is 5.79. The van der Waals surface area contributed by atoms with E-state index in [9.17, 15) is 27.2 Å². The Hall–Kier alpha value is -3.43. The van der Waals surface area contributed by atoms with Gasteiger partial charge in [-0.1, -0.05) is 12.1 Å². The van der Waals surface area contributed by atoms with Crippen LogP contribution in [0.2, 0.25) is 0 Å². The molecule has 0 spiro atoms. The predicted octanol–water partition coefficient (Wildman–Crippen LogP) is 2.79. The zero-order valence-electron chi connectivity index (χ0n) is 14.9. The van der Waals surface area contributed by atoms with E-state index in [1.165, 1.54) is 42.7 Å². The Labute approximate surface area is 161 Å². The Kier molecular flexibility index (Phi) is 5.81. The summed E-state index contributed by atoms with van der Waals surface area (Å²) >= 11 is 0. The van der Waals surface area contributed by atoms with Gasteiger partial charge >= 0.3 is 6.36 Å². The Balaban J connectivity index is 1.55. The van der Waals surface area contributed by atoms with Crippen LogP contribution in [-0.4, -0.2) is 28.4 Å². The molecule has 152 valence electrons. The van der Waals surface area contributed by atoms with E-state index in [2.05, 4.69) is 15.0 Å². The summed E-state index contributed by atoms with van der Waals surface area (Å²) in [4.78, 5) is 28.4. The number of benzene rings is 2. The molecule has 1 amide bonds. The molecule has 0 saturated carbocycles. The third-order valence-electron chi connectivity index (χ3n) is 3.99. The number of carbonyl (C=O) groups is 1. The van der Waals surface area contributed by atoms with E-state index in [0.717, 1.165) is 10.6 Å². The van der Waals surface area contributed by atoms with Gasteiger partial charge in [0.2, 0.25) is 5.91 Å². The summed E-state index contributed by atoms with van der Waals surface area (Å²) in [5.41, 5.74) is 0.482. The molecule has 0 radical (unpaired) electrons. The highest BCUT2D eigenvalue weighted by Gasteiger charge is 2.30. The van der Waals surface area contributed by atoms with Crippen molar-refractivity contribution in [1.82, 2.24) is 14.9 Å². The van der Waals surface area contributed by atoms with E-state index >= 15 is 0 Å². The molecule has 0 fully saturated rings. The highest BCUT2D eigenvalue weighted by Crippen LogP contribution is 2.22. The number of aromatic nitrogens is 2. The van der Waals surface area contributed by atoms with Gasteiger partial charge in [-0.25, -0.2) is 9.37 Å². The van der Waals surface area contributed by atoms with Gasteiger partial charge in [-0.2, -0.15) is 0 Å². The fourth-order valence-electron chi connectivity index (χ4n) is 2.66. The van der Waals surface area contributed by atoms with Crippen molar-refractivity contribution in [3.8, 4) is 5.75 Å². The summed E-state index contributed by atoms with van der Waals surface area (Å²) in [6.45, 7) is -0.0840. The first-order valence-corrected chi connectivity index (χ1v) is 8.47. The fourth-order valence-corrected chi connectivity index (χ4v) is 2.66. The van der Waals surface area contributed by atoms with Crippen molar-refractivity contribution in [3.05, 3.63) is 70.5 Å². The smallest absolute Gasteiger partial charge is 0.406 e. The van der Waals surface area contributed by atoms with Crippen LogP contribution >= 0.6 is 0 Å². The van der Waals surface area contributed by atoms with Crippen molar-refractivity contribution in [3.63, 3.8) is 0 Å². The van der Waals surface area contributed by atoms with Gasteiger partial charge in [0.15, 0.2) is 0 Å². The summed E-state index contributed by atoms with van der Waals surface area (Å²) in [5.74, 6) is -1.36. The minimum Gasteiger partial charge on any atom is -0.406 e. The molecule has 0 unspecified atom stereocenters. The summed E-state index contributed by atoms with van der Waals surface area (Å²) in [7, 11) is 0. The normalized spacial score (nSPS) is 11.4. The number of alkyl halides is 3. The lowest BCUT2D eigenvalue weighted by Crippen LogP contribution is -2.33. The number of ether oxygens (including phenoxy) is 1. The maximum atomic E-state index is 13.3. The second-order valence-corrected chi connectivity index (χ2v) is 6.13. The average Bonchev–Trinajstić information content (AvgIpc) is 2.65. The van der Waals surface area contributed by atoms with Gasteiger partial charge in [-0.05, 0) is 42.3 Å². The fraction of sp³-hybridized carbons (Fsp3) is 0.211. The first kappa shape index (κ1) is 20.3. The number of halogens is 4. The lowest BCUT2D eigenvalue weighted by atomic mass is 10.1. The second kappa shape index (κ2) is 8.29. The molecule has 1 heterocycles. The van der Waals surface area contributed by atoms with Gasteiger partial charge in [0, 0.05) is 6.54 Å². The van der Waals surface area contributed by atoms with Crippen LogP contribution < -0.4 is 15.6 Å². The van der Waals surface area contributed by atoms with E-state index in [0.29, 0.717) is 17.5 Å². The highest BCUT2D eigenvalue weighted by atomic mass is 19.4. The first-order chi connectivity index (χ1) is 13.7. The average molecular weight is 409 g/mol. The summed E-state index contributed by atoms with van der Waals surface area (Å²) in [6, 6.07) is 8.91. The lowest BCUT2D eigenvalue weighted by Gasteiger charge is -2.10. The summed E-state index contributed by atoms with van der Waals surface area (Å²) in [6.07, 6.45) is -3.17. The molecule has 0 aliphatic carbocycles. The standard InChI is InChI=1S/C19H15F4N3O3/c20-13-3-6-16-15(9-13)18(28)26(11-25-16)10-17(27)24-8-7-12-1-4-14(5-2-12)29-19(21,22)23/h1-6,9,11H,7-8,10H2,(H,24,27). The van der Waals surface area contributed by atoms with E-state index in [1.807, 2.05) is 0 Å². The van der Waals surface area contributed by atoms with Crippen molar-refractivity contribution in [1.29, 1.82) is 0 Å². The van der Waals surface area contributed by atoms with Crippen molar-refractivity contribution < 1.29 is 27.1 Å². The van der Waals surface area contributed by atoms with Crippen LogP contribution in [0, 0.1) is 5.82 Å². The van der Waals surface area contributed by atoms with Gasteiger partial charge in [0.05, 0.1) is 17.2 Å². The molecule has 0 aliphatic rings. The molecule has 6 nitrogen and oxygen atoms in total. The number of fused-ring (bicyclic) bond motifs is 1. The van der Waals surface area contributed by atoms with E-state index in [-0.39, 0.29) is 24.2 Å². The van der Waals surface area contributed by atoms with Gasteiger partial charge in [0.25, 0.3) is 5.56 Å². The molecule has 10 heteroatoms. The minimum absolute atomic E-state index is 0.0708. The number of nitrogens with zero attached hydrogens (tertiary/aromatic N) is 2. The van der Waals surface area contributed by atoms with Crippen molar-refractivity contribution >= 4 is 16.8 Å². The molecular formula is C19H15F4N3O3. The first-order valence-electron chi connectivity index (χ1n) is 8.47. The van der Waals surface area contributed by atoms with Crippen LogP contribution in [-0.2, 0) is 17.8 Å². The Morgan fingerprint density at radius 3 is 2.55 bits per heavy atom. The Morgan fingerprint density at radius 2 is 1.86 bits per heavy atom. The summed E-state index contributed by atoms with van der Waals surface area (Å²) < 4.78 is 54.6. The number of nitrogens with one attached hydrogen (secondary N) is 1. The molecule has 0 atom stereocenters. The molecule has 3 rings (SSSR count). The number of rotatable bonds is 6. The van der Waals surface area contributed by atoms with Crippen LogP contribution in [0.5, 0.6) is 5.75 Å². The Bertz CT molecular complexity index is 1080. The number of amides is 1. The van der Waals surface area contributed by atoms with Crippen LogP contribution in [0.1, 0.15) is 5.56 Å². The summed E-state index contributed by atoms with van der Waals surface area (Å²) in [5, 5.41) is 2.68. The van der Waals surface area contributed by atoms with Gasteiger partial charge in [0.1, 0.15) is 18.1 Å². The molecule has 29 heavy (non-hydrogen) atoms. The van der Waals surface area contributed by atoms with Crippen molar-refractivity contribution in [2.24, 2.45) is 0 Å². The van der Waals surface area contributed by atoms with E-state index in [4.69, 9.17) is 0 Å². The molecule has 3 aromatic rings. The van der Waals surface area contributed by atoms with Crippen molar-refractivity contribution in [2.45, 2.75) is 19.3 Å². The molecule has 1 aromatic heterocycles. The number of carbonyl (C=O) groups excluding carboxylic acids is 1. The maximum absolute atomic E-state index is 13.3. The van der Waals surface area contributed by atoms with Gasteiger partial charge in [-0.3, -0.25) is 14.2 Å². The van der Waals surface area contributed by atoms with E-state index in [1.54, 1.807) is 0 Å². The third-order valence-corrected chi connectivity index (χ3v) is 3.99. The molecule has 0 saturated heterocycles. The molecular weight excluding hydrogens is 394 g/mol. The van der Waals surface area contributed by atoms with Crippen LogP contribution in [0.3, 0.4) is 0 Å². The zero-order chi connectivity index (χ0) is 21.0. The second-order valence-electron chi connectivity index (χ2n) is 6.13. The number of hydrogen-bond donors (Lipinski definition) is 1. The molecule has 0 aliphatic heterocycles. The molecule has 0 bridgehead atoms.